The van der Waals surface area contributed by atoms with Crippen molar-refractivity contribution < 1.29 is 18.9 Å². The van der Waals surface area contributed by atoms with Crippen LogP contribution in [-0.4, -0.2) is 52.9 Å². The summed E-state index contributed by atoms with van der Waals surface area (Å²) < 4.78 is 19.9. The Kier molecular flexibility index (Phi) is 10.8. The van der Waals surface area contributed by atoms with Gasteiger partial charge in [0.2, 0.25) is 0 Å². The predicted octanol–water partition coefficient (Wildman–Crippen LogP) is 2.02. The van der Waals surface area contributed by atoms with Gasteiger partial charge in [-0.15, -0.1) is 0 Å². The van der Waals surface area contributed by atoms with Gasteiger partial charge in [0.05, 0.1) is 26.4 Å². The van der Waals surface area contributed by atoms with Crippen LogP contribution in [0.5, 0.6) is 0 Å². The summed E-state index contributed by atoms with van der Waals surface area (Å²) >= 11 is 0. The largest absolute Gasteiger partial charge is 0.381 e. The number of rotatable bonds is 0. The van der Waals surface area contributed by atoms with Crippen LogP contribution < -0.4 is 0 Å². The fourth-order valence-corrected chi connectivity index (χ4v) is 1.64. The third kappa shape index (κ3) is 10.7. The minimum Gasteiger partial charge on any atom is -0.381 e. The molecule has 3 aliphatic rings. The Labute approximate surface area is 105 Å². The second kappa shape index (κ2) is 12.3. The summed E-state index contributed by atoms with van der Waals surface area (Å²) in [4.78, 5) is 0. The first-order valence-corrected chi connectivity index (χ1v) is 6.81. The maximum Gasteiger partial charge on any atom is 0.0701 e. The third-order valence-electron chi connectivity index (χ3n) is 2.65. The molecule has 3 saturated heterocycles. The molecule has 102 valence electrons. The van der Waals surface area contributed by atoms with Crippen molar-refractivity contribution in [2.24, 2.45) is 0 Å². The van der Waals surface area contributed by atoms with Crippen molar-refractivity contribution in [2.45, 2.75) is 32.1 Å². The average molecular weight is 246 g/mol. The SMILES string of the molecule is C1CCOC1.C1CCOCC1.C1COCCO1. The van der Waals surface area contributed by atoms with Gasteiger partial charge in [-0.1, -0.05) is 0 Å². The maximum atomic E-state index is 5.07. The van der Waals surface area contributed by atoms with Gasteiger partial charge >= 0.3 is 0 Å². The van der Waals surface area contributed by atoms with Gasteiger partial charge in [0.25, 0.3) is 0 Å². The Morgan fingerprint density at radius 1 is 0.294 bits per heavy atom. The van der Waals surface area contributed by atoms with Gasteiger partial charge in [-0.05, 0) is 32.1 Å². The highest BCUT2D eigenvalue weighted by Crippen LogP contribution is 2.02. The summed E-state index contributed by atoms with van der Waals surface area (Å²) in [6.07, 6.45) is 6.49. The predicted molar refractivity (Wildman–Crippen MR) is 66.4 cm³/mol. The van der Waals surface area contributed by atoms with E-state index in [1.54, 1.807) is 0 Å². The smallest absolute Gasteiger partial charge is 0.0701 e. The molecule has 0 amide bonds. The quantitative estimate of drug-likeness (QED) is 0.655. The van der Waals surface area contributed by atoms with Crippen LogP contribution in [0.25, 0.3) is 0 Å². The van der Waals surface area contributed by atoms with Crippen LogP contribution in [0, 0.1) is 0 Å². The van der Waals surface area contributed by atoms with Crippen LogP contribution in [0.2, 0.25) is 0 Å². The molecule has 0 aromatic rings. The van der Waals surface area contributed by atoms with Gasteiger partial charge in [-0.25, -0.2) is 0 Å². The van der Waals surface area contributed by atoms with Crippen molar-refractivity contribution in [1.82, 2.24) is 0 Å². The fraction of sp³-hybridized carbons (Fsp3) is 1.00. The second-order valence-electron chi connectivity index (χ2n) is 4.22. The zero-order valence-electron chi connectivity index (χ0n) is 10.8. The van der Waals surface area contributed by atoms with Crippen molar-refractivity contribution in [2.75, 3.05) is 52.9 Å². The van der Waals surface area contributed by atoms with Gasteiger partial charge in [-0.2, -0.15) is 0 Å². The summed E-state index contributed by atoms with van der Waals surface area (Å²) in [6, 6.07) is 0. The van der Waals surface area contributed by atoms with E-state index in [0.29, 0.717) is 0 Å². The zero-order valence-corrected chi connectivity index (χ0v) is 10.8. The molecule has 0 atom stereocenters. The van der Waals surface area contributed by atoms with E-state index in [2.05, 4.69) is 0 Å². The van der Waals surface area contributed by atoms with E-state index < -0.39 is 0 Å². The van der Waals surface area contributed by atoms with Crippen LogP contribution in [-0.2, 0) is 18.9 Å². The summed E-state index contributed by atoms with van der Waals surface area (Å²) in [5.74, 6) is 0. The summed E-state index contributed by atoms with van der Waals surface area (Å²) in [7, 11) is 0. The van der Waals surface area contributed by atoms with Crippen LogP contribution in [0.4, 0.5) is 0 Å². The Hall–Kier alpha value is -0.160. The molecular weight excluding hydrogens is 220 g/mol. The monoisotopic (exact) mass is 246 g/mol. The minimum absolute atomic E-state index is 0.778. The molecule has 0 aromatic heterocycles. The highest BCUT2D eigenvalue weighted by molar-refractivity contribution is 4.45. The van der Waals surface area contributed by atoms with E-state index >= 15 is 0 Å². The van der Waals surface area contributed by atoms with E-state index in [0.717, 1.165) is 52.9 Å². The molecule has 0 aliphatic carbocycles. The van der Waals surface area contributed by atoms with Gasteiger partial charge in [0.1, 0.15) is 0 Å². The minimum atomic E-state index is 0.778. The van der Waals surface area contributed by atoms with Crippen molar-refractivity contribution in [3.8, 4) is 0 Å². The highest BCUT2D eigenvalue weighted by atomic mass is 16.6. The summed E-state index contributed by atoms with van der Waals surface area (Å²) in [5.41, 5.74) is 0. The number of hydrogen-bond acceptors (Lipinski definition) is 4. The van der Waals surface area contributed by atoms with E-state index in [9.17, 15) is 0 Å². The molecule has 0 spiro atoms. The first kappa shape index (κ1) is 14.9. The second-order valence-corrected chi connectivity index (χ2v) is 4.22. The molecule has 3 aliphatic heterocycles. The molecule has 4 heteroatoms. The molecule has 3 rings (SSSR count). The van der Waals surface area contributed by atoms with E-state index in [1.165, 1.54) is 32.1 Å². The molecule has 0 unspecified atom stereocenters. The van der Waals surface area contributed by atoms with Crippen LogP contribution in [0.3, 0.4) is 0 Å². The molecule has 3 fully saturated rings. The van der Waals surface area contributed by atoms with Crippen molar-refractivity contribution in [3.63, 3.8) is 0 Å². The molecule has 0 N–H and O–H groups in total. The van der Waals surface area contributed by atoms with Crippen LogP contribution >= 0.6 is 0 Å². The topological polar surface area (TPSA) is 36.9 Å². The molecule has 17 heavy (non-hydrogen) atoms. The first-order chi connectivity index (χ1) is 8.50. The molecule has 3 heterocycles. The Balaban J connectivity index is 0.000000128. The Morgan fingerprint density at radius 3 is 0.765 bits per heavy atom. The standard InChI is InChI=1S/C5H10O.C4H8O2.C4H8O/c1-2-4-6-5-3-1;1-2-6-4-3-5-1;1-2-4-5-3-1/h1-5H2;1-4H2;1-4H2. The molecular formula is C13H26O4. The molecule has 0 saturated carbocycles. The maximum absolute atomic E-state index is 5.07. The lowest BCUT2D eigenvalue weighted by Gasteiger charge is -2.09. The van der Waals surface area contributed by atoms with E-state index in [1.807, 2.05) is 0 Å². The lowest BCUT2D eigenvalue weighted by Crippen LogP contribution is -2.16. The Bertz CT molecular complexity index is 97.7. The van der Waals surface area contributed by atoms with Crippen LogP contribution in [0.1, 0.15) is 32.1 Å². The van der Waals surface area contributed by atoms with Crippen LogP contribution in [0.15, 0.2) is 0 Å². The van der Waals surface area contributed by atoms with Crippen molar-refractivity contribution in [1.29, 1.82) is 0 Å². The fourth-order valence-electron chi connectivity index (χ4n) is 1.64. The number of ether oxygens (including phenoxy) is 4. The Morgan fingerprint density at radius 2 is 0.588 bits per heavy atom. The van der Waals surface area contributed by atoms with E-state index in [4.69, 9.17) is 18.9 Å². The zero-order chi connectivity index (χ0) is 12.0. The normalized spacial score (nSPS) is 24.0. The summed E-state index contributed by atoms with van der Waals surface area (Å²) in [5, 5.41) is 0. The lowest BCUT2D eigenvalue weighted by molar-refractivity contribution is -0.0334. The van der Waals surface area contributed by atoms with Crippen molar-refractivity contribution >= 4 is 0 Å². The van der Waals surface area contributed by atoms with Gasteiger partial charge in [0, 0.05) is 26.4 Å². The summed E-state index contributed by atoms with van der Waals surface area (Å²) in [6.45, 7) is 7.11. The number of hydrogen-bond donors (Lipinski definition) is 0. The highest BCUT2D eigenvalue weighted by Gasteiger charge is 1.95. The third-order valence-corrected chi connectivity index (χ3v) is 2.65. The lowest BCUT2D eigenvalue weighted by atomic mass is 10.2. The van der Waals surface area contributed by atoms with Gasteiger partial charge < -0.3 is 18.9 Å². The van der Waals surface area contributed by atoms with Crippen molar-refractivity contribution in [3.05, 3.63) is 0 Å². The van der Waals surface area contributed by atoms with Gasteiger partial charge in [-0.3, -0.25) is 0 Å². The molecule has 0 bridgehead atoms. The van der Waals surface area contributed by atoms with E-state index in [-0.39, 0.29) is 0 Å². The molecule has 4 nitrogen and oxygen atoms in total. The first-order valence-electron chi connectivity index (χ1n) is 6.81. The molecule has 0 aromatic carbocycles. The van der Waals surface area contributed by atoms with Gasteiger partial charge in [0.15, 0.2) is 0 Å². The average Bonchev–Trinajstić information content (AvgIpc) is 3.03. The molecule has 0 radical (unpaired) electrons.